The largest absolute Gasteiger partial charge is 0.461 e. The molecule has 9 nitrogen and oxygen atoms in total. The van der Waals surface area contributed by atoms with E-state index in [1.54, 1.807) is 11.1 Å². The third-order valence-electron chi connectivity index (χ3n) is 10.3. The van der Waals surface area contributed by atoms with Gasteiger partial charge in [0, 0.05) is 54.1 Å². The number of fused-ring (bicyclic) bond motifs is 1. The van der Waals surface area contributed by atoms with Gasteiger partial charge >= 0.3 is 5.97 Å². The summed E-state index contributed by atoms with van der Waals surface area (Å²) in [5, 5.41) is 4.42. The lowest BCUT2D eigenvalue weighted by atomic mass is 9.97. The summed E-state index contributed by atoms with van der Waals surface area (Å²) in [4.78, 5) is 56.3. The Morgan fingerprint density at radius 2 is 1.49 bits per heavy atom. The van der Waals surface area contributed by atoms with E-state index in [-0.39, 0.29) is 31.8 Å². The first-order valence-electron chi connectivity index (χ1n) is 20.1. The maximum absolute atomic E-state index is 14.9. The van der Waals surface area contributed by atoms with Gasteiger partial charge in [0.2, 0.25) is 11.8 Å². The Kier molecular flexibility index (Phi) is 16.3. The second-order valence-electron chi connectivity index (χ2n) is 14.7. The third-order valence-corrected chi connectivity index (χ3v) is 10.6. The van der Waals surface area contributed by atoms with Crippen LogP contribution in [0.3, 0.4) is 0 Å². The Labute approximate surface area is 341 Å². The second-order valence-corrected chi connectivity index (χ2v) is 15.1. The Morgan fingerprint density at radius 1 is 0.807 bits per heavy atom. The Morgan fingerprint density at radius 3 is 2.21 bits per heavy atom. The van der Waals surface area contributed by atoms with Crippen molar-refractivity contribution in [1.82, 2.24) is 14.8 Å². The van der Waals surface area contributed by atoms with Crippen LogP contribution in [-0.4, -0.2) is 51.8 Å². The highest BCUT2D eigenvalue weighted by molar-refractivity contribution is 6.31. The number of nitrogens with two attached hydrogens (primary N) is 1. The number of primary amides is 1. The van der Waals surface area contributed by atoms with E-state index < -0.39 is 29.9 Å². The van der Waals surface area contributed by atoms with E-state index in [1.165, 1.54) is 5.56 Å². The summed E-state index contributed by atoms with van der Waals surface area (Å²) in [5.74, 6) is -1.64. The van der Waals surface area contributed by atoms with Crippen molar-refractivity contribution in [1.29, 1.82) is 0 Å². The molecule has 0 fully saturated rings. The highest BCUT2D eigenvalue weighted by Crippen LogP contribution is 2.26. The van der Waals surface area contributed by atoms with Crippen LogP contribution in [0.1, 0.15) is 97.8 Å². The first-order valence-corrected chi connectivity index (χ1v) is 20.5. The van der Waals surface area contributed by atoms with E-state index in [9.17, 15) is 19.2 Å². The smallest absolute Gasteiger partial charge is 0.306 e. The number of esters is 1. The molecule has 0 bridgehead atoms. The number of ether oxygens (including phenoxy) is 1. The molecule has 1 heterocycles. The molecule has 0 unspecified atom stereocenters. The molecule has 0 radical (unpaired) electrons. The van der Waals surface area contributed by atoms with Crippen LogP contribution in [-0.2, 0) is 45.1 Å². The average molecular weight is 791 g/mol. The number of amides is 3. The third kappa shape index (κ3) is 12.5. The molecule has 1 aromatic heterocycles. The van der Waals surface area contributed by atoms with Gasteiger partial charge in [-0.25, -0.2) is 0 Å². The molecular weight excluding hydrogens is 736 g/mol. The van der Waals surface area contributed by atoms with Gasteiger partial charge in [-0.05, 0) is 72.9 Å². The van der Waals surface area contributed by atoms with Gasteiger partial charge < -0.3 is 25.3 Å². The van der Waals surface area contributed by atoms with Crippen molar-refractivity contribution >= 4 is 46.2 Å². The highest BCUT2D eigenvalue weighted by Gasteiger charge is 2.32. The number of carbonyl (C=O) groups is 4. The first-order chi connectivity index (χ1) is 27.7. The number of carbonyl (C=O) groups excluding carboxylic acids is 4. The molecule has 2 atom stereocenters. The summed E-state index contributed by atoms with van der Waals surface area (Å²) in [5.41, 5.74) is 11.1. The molecule has 0 aliphatic heterocycles. The van der Waals surface area contributed by atoms with E-state index in [0.29, 0.717) is 42.9 Å². The minimum atomic E-state index is -0.992. The summed E-state index contributed by atoms with van der Waals surface area (Å²) in [6.07, 6.45) is 7.42. The zero-order chi connectivity index (χ0) is 40.6. The van der Waals surface area contributed by atoms with E-state index in [1.807, 2.05) is 90.4 Å². The molecule has 0 aliphatic carbocycles. The number of aromatic nitrogens is 1. The molecule has 5 rings (SSSR count). The number of halogens is 1. The monoisotopic (exact) mass is 790 g/mol. The van der Waals surface area contributed by atoms with E-state index in [0.717, 1.165) is 53.3 Å². The Balaban J connectivity index is 1.42. The van der Waals surface area contributed by atoms with Crippen molar-refractivity contribution in [2.24, 2.45) is 5.73 Å². The molecular formula is C47H55ClN4O5. The fourth-order valence-electron chi connectivity index (χ4n) is 7.14. The van der Waals surface area contributed by atoms with Crippen LogP contribution in [0.25, 0.3) is 10.9 Å². The number of nitrogens with zero attached hydrogens (tertiary/aromatic N) is 2. The Bertz CT molecular complexity index is 2080. The maximum atomic E-state index is 14.9. The standard InChI is InChI=1S/C47H55ClN4O5/c1-3-5-15-34-24-26-35(27-25-34)29-38(30-44(49)53)52(28-6-4-2)47(56)42(21-14-23-45(54)57-33-36-16-8-7-9-17-36)50-46(55)40-32-51(43-22-13-11-19-39(40)43)31-37-18-10-12-20-41(37)48/h7-13,16-20,22,24-27,32,38,42H,3-6,14-15,21,23,28-31,33H2,1-2H3,(H2,49,53)(H,50,55)/t38-,42-/m0/s1. The molecule has 300 valence electrons. The number of unbranched alkanes of at least 4 members (excludes halogenated alkanes) is 2. The lowest BCUT2D eigenvalue weighted by molar-refractivity contribution is -0.145. The molecule has 0 spiro atoms. The van der Waals surface area contributed by atoms with Crippen molar-refractivity contribution in [2.75, 3.05) is 6.54 Å². The van der Waals surface area contributed by atoms with Crippen molar-refractivity contribution in [3.05, 3.63) is 142 Å². The van der Waals surface area contributed by atoms with Gasteiger partial charge in [0.1, 0.15) is 12.6 Å². The summed E-state index contributed by atoms with van der Waals surface area (Å²) < 4.78 is 7.50. The van der Waals surface area contributed by atoms with E-state index in [4.69, 9.17) is 22.1 Å². The SMILES string of the molecule is CCCCc1ccc(C[C@@H](CC(N)=O)N(CCCC)C(=O)[C@H](CCCC(=O)OCc2ccccc2)NC(=O)c2cn(Cc3ccccc3Cl)c3ccccc23)cc1. The molecule has 10 heteroatoms. The van der Waals surface area contributed by atoms with Gasteiger partial charge in [-0.2, -0.15) is 0 Å². The van der Waals surface area contributed by atoms with E-state index in [2.05, 4.69) is 36.5 Å². The first kappa shape index (κ1) is 42.7. The summed E-state index contributed by atoms with van der Waals surface area (Å²) in [6, 6.07) is 31.4. The van der Waals surface area contributed by atoms with Gasteiger partial charge in [-0.15, -0.1) is 0 Å². The summed E-state index contributed by atoms with van der Waals surface area (Å²) in [7, 11) is 0. The number of benzene rings is 4. The number of hydrogen-bond donors (Lipinski definition) is 2. The lowest BCUT2D eigenvalue weighted by Crippen LogP contribution is -2.53. The molecule has 0 saturated carbocycles. The number of hydrogen-bond acceptors (Lipinski definition) is 5. The van der Waals surface area contributed by atoms with Crippen molar-refractivity contribution in [3.8, 4) is 0 Å². The van der Waals surface area contributed by atoms with Crippen LogP contribution in [0.5, 0.6) is 0 Å². The van der Waals surface area contributed by atoms with Crippen LogP contribution < -0.4 is 11.1 Å². The van der Waals surface area contributed by atoms with E-state index >= 15 is 0 Å². The summed E-state index contributed by atoms with van der Waals surface area (Å²) >= 11 is 6.52. The number of aryl methyl sites for hydroxylation is 1. The van der Waals surface area contributed by atoms with Crippen LogP contribution in [0, 0.1) is 0 Å². The van der Waals surface area contributed by atoms with Crippen LogP contribution >= 0.6 is 11.6 Å². The fraction of sp³-hybridized carbons (Fsp3) is 0.362. The molecule has 3 N–H and O–H groups in total. The van der Waals surface area contributed by atoms with Gasteiger partial charge in [-0.1, -0.05) is 129 Å². The molecule has 0 saturated heterocycles. The Hall–Kier alpha value is -5.41. The second kappa shape index (κ2) is 21.8. The normalized spacial score (nSPS) is 12.2. The minimum Gasteiger partial charge on any atom is -0.461 e. The van der Waals surface area contributed by atoms with Gasteiger partial charge in [0.05, 0.1) is 5.56 Å². The topological polar surface area (TPSA) is 124 Å². The summed E-state index contributed by atoms with van der Waals surface area (Å²) in [6.45, 7) is 5.18. The molecule has 5 aromatic rings. The molecule has 0 aliphatic rings. The number of rotatable bonds is 22. The van der Waals surface area contributed by atoms with Gasteiger partial charge in [0.15, 0.2) is 0 Å². The highest BCUT2D eigenvalue weighted by atomic mass is 35.5. The number of para-hydroxylation sites is 1. The average Bonchev–Trinajstić information content (AvgIpc) is 3.58. The van der Waals surface area contributed by atoms with Crippen LogP contribution in [0.15, 0.2) is 109 Å². The maximum Gasteiger partial charge on any atom is 0.306 e. The fourth-order valence-corrected chi connectivity index (χ4v) is 7.34. The molecule has 4 aromatic carbocycles. The van der Waals surface area contributed by atoms with Crippen LogP contribution in [0.4, 0.5) is 0 Å². The lowest BCUT2D eigenvalue weighted by Gasteiger charge is -2.34. The minimum absolute atomic E-state index is 0.0327. The predicted octanol–water partition coefficient (Wildman–Crippen LogP) is 8.81. The zero-order valence-corrected chi connectivity index (χ0v) is 33.9. The predicted molar refractivity (Wildman–Crippen MR) is 227 cm³/mol. The van der Waals surface area contributed by atoms with Crippen molar-refractivity contribution in [3.63, 3.8) is 0 Å². The quantitative estimate of drug-likeness (QED) is 0.0679. The van der Waals surface area contributed by atoms with Gasteiger partial charge in [-0.3, -0.25) is 19.2 Å². The zero-order valence-electron chi connectivity index (χ0n) is 33.1. The molecule has 3 amide bonds. The van der Waals surface area contributed by atoms with Gasteiger partial charge in [0.25, 0.3) is 5.91 Å². The molecule has 57 heavy (non-hydrogen) atoms. The number of nitrogens with one attached hydrogen (secondary N) is 1. The van der Waals surface area contributed by atoms with Crippen LogP contribution in [0.2, 0.25) is 5.02 Å². The van der Waals surface area contributed by atoms with Crippen molar-refractivity contribution in [2.45, 2.75) is 103 Å². The van der Waals surface area contributed by atoms with Crippen molar-refractivity contribution < 1.29 is 23.9 Å².